The third-order valence-corrected chi connectivity index (χ3v) is 4.36. The number of aromatic hydroxyl groups is 1. The first-order chi connectivity index (χ1) is 11.5. The van der Waals surface area contributed by atoms with Crippen molar-refractivity contribution >= 4 is 11.9 Å². The van der Waals surface area contributed by atoms with E-state index in [0.717, 1.165) is 5.56 Å². The molecule has 0 radical (unpaired) electrons. The number of phenolic OH excluding ortho intramolecular Hbond substituents is 1. The minimum absolute atomic E-state index is 0.000278. The molecule has 2 aromatic rings. The van der Waals surface area contributed by atoms with Crippen molar-refractivity contribution in [2.24, 2.45) is 0 Å². The number of rotatable bonds is 3. The van der Waals surface area contributed by atoms with Crippen molar-refractivity contribution in [1.82, 2.24) is 14.7 Å². The quantitative estimate of drug-likeness (QED) is 0.899. The molecule has 1 aromatic carbocycles. The number of aromatic nitrogens is 2. The van der Waals surface area contributed by atoms with Gasteiger partial charge < -0.3 is 15.1 Å². The summed E-state index contributed by atoms with van der Waals surface area (Å²) in [5, 5.41) is 23.0. The van der Waals surface area contributed by atoms with Crippen LogP contribution in [0.4, 0.5) is 0 Å². The number of carboxylic acids is 1. The number of benzene rings is 1. The van der Waals surface area contributed by atoms with Gasteiger partial charge in [0.25, 0.3) is 5.91 Å². The predicted octanol–water partition coefficient (Wildman–Crippen LogP) is 2.07. The van der Waals surface area contributed by atoms with E-state index in [4.69, 9.17) is 5.11 Å². The molecule has 0 unspecified atom stereocenters. The molecular weight excluding hydrogens is 310 g/mol. The van der Waals surface area contributed by atoms with Crippen LogP contribution in [0.2, 0.25) is 0 Å². The number of hydrogen-bond acceptors (Lipinski definition) is 4. The molecule has 7 heteroatoms. The van der Waals surface area contributed by atoms with Gasteiger partial charge >= 0.3 is 5.97 Å². The Morgan fingerprint density at radius 3 is 2.54 bits per heavy atom. The van der Waals surface area contributed by atoms with E-state index >= 15 is 0 Å². The summed E-state index contributed by atoms with van der Waals surface area (Å²) < 4.78 is 1.66. The molecule has 1 saturated heterocycles. The fourth-order valence-corrected chi connectivity index (χ4v) is 2.97. The van der Waals surface area contributed by atoms with E-state index in [0.29, 0.717) is 31.5 Å². The molecular formula is C17H19N3O4. The normalized spacial score (nSPS) is 15.5. The maximum absolute atomic E-state index is 12.5. The van der Waals surface area contributed by atoms with Crippen molar-refractivity contribution in [2.75, 3.05) is 13.1 Å². The maximum Gasteiger partial charge on any atom is 0.338 e. The Kier molecular flexibility index (Phi) is 4.24. The van der Waals surface area contributed by atoms with E-state index in [1.165, 1.54) is 12.4 Å². The van der Waals surface area contributed by atoms with Crippen molar-refractivity contribution in [3.05, 3.63) is 47.3 Å². The van der Waals surface area contributed by atoms with E-state index in [1.54, 1.807) is 27.8 Å². The molecule has 0 bridgehead atoms. The number of hydrogen-bond donors (Lipinski definition) is 2. The first kappa shape index (κ1) is 16.0. The highest BCUT2D eigenvalue weighted by Crippen LogP contribution is 2.26. The number of aromatic carboxylic acids is 1. The second kappa shape index (κ2) is 6.35. The minimum Gasteiger partial charge on any atom is -0.507 e. The van der Waals surface area contributed by atoms with Gasteiger partial charge in [0.15, 0.2) is 0 Å². The van der Waals surface area contributed by atoms with E-state index in [9.17, 15) is 14.7 Å². The number of phenols is 1. The number of carboxylic acid groups (broad SMARTS) is 1. The molecule has 2 N–H and O–H groups in total. The van der Waals surface area contributed by atoms with Crippen LogP contribution >= 0.6 is 0 Å². The van der Waals surface area contributed by atoms with E-state index in [1.807, 2.05) is 6.92 Å². The van der Waals surface area contributed by atoms with Gasteiger partial charge in [0.2, 0.25) is 0 Å². The fraction of sp³-hybridized carbons (Fsp3) is 0.353. The number of nitrogens with zero attached hydrogens (tertiary/aromatic N) is 3. The Morgan fingerprint density at radius 1 is 1.25 bits per heavy atom. The summed E-state index contributed by atoms with van der Waals surface area (Å²) in [6.45, 7) is 2.94. The van der Waals surface area contributed by atoms with E-state index in [2.05, 4.69) is 5.10 Å². The Hall–Kier alpha value is -2.83. The molecule has 7 nitrogen and oxygen atoms in total. The lowest BCUT2D eigenvalue weighted by Gasteiger charge is -2.32. The summed E-state index contributed by atoms with van der Waals surface area (Å²) >= 11 is 0. The lowest BCUT2D eigenvalue weighted by molar-refractivity contribution is 0.0685. The van der Waals surface area contributed by atoms with Crippen LogP contribution in [0.3, 0.4) is 0 Å². The summed E-state index contributed by atoms with van der Waals surface area (Å²) in [5.74, 6) is -1.18. The van der Waals surface area contributed by atoms with Gasteiger partial charge in [-0.2, -0.15) is 5.10 Å². The zero-order valence-corrected chi connectivity index (χ0v) is 13.3. The third-order valence-electron chi connectivity index (χ3n) is 4.36. The number of amides is 1. The van der Waals surface area contributed by atoms with Crippen LogP contribution in [0.1, 0.15) is 45.2 Å². The topological polar surface area (TPSA) is 95.7 Å². The zero-order chi connectivity index (χ0) is 17.3. The molecule has 1 aromatic heterocycles. The number of aryl methyl sites for hydroxylation is 1. The van der Waals surface area contributed by atoms with Crippen LogP contribution in [-0.4, -0.2) is 49.9 Å². The van der Waals surface area contributed by atoms with Crippen molar-refractivity contribution in [1.29, 1.82) is 0 Å². The van der Waals surface area contributed by atoms with Crippen LogP contribution in [0.5, 0.6) is 5.75 Å². The molecule has 24 heavy (non-hydrogen) atoms. The Morgan fingerprint density at radius 2 is 1.96 bits per heavy atom. The Labute approximate surface area is 139 Å². The van der Waals surface area contributed by atoms with Gasteiger partial charge in [-0.3, -0.25) is 9.48 Å². The van der Waals surface area contributed by atoms with Crippen LogP contribution < -0.4 is 0 Å². The molecule has 0 atom stereocenters. The molecule has 126 valence electrons. The summed E-state index contributed by atoms with van der Waals surface area (Å²) in [5.41, 5.74) is 1.38. The molecule has 0 spiro atoms. The summed E-state index contributed by atoms with van der Waals surface area (Å²) in [4.78, 5) is 25.2. The van der Waals surface area contributed by atoms with Crippen molar-refractivity contribution in [2.45, 2.75) is 25.8 Å². The molecule has 0 saturated carbocycles. The smallest absolute Gasteiger partial charge is 0.338 e. The molecule has 1 amide bonds. The first-order valence-corrected chi connectivity index (χ1v) is 7.82. The van der Waals surface area contributed by atoms with Crippen LogP contribution in [-0.2, 0) is 0 Å². The molecule has 1 aliphatic rings. The van der Waals surface area contributed by atoms with Crippen LogP contribution in [0.25, 0.3) is 0 Å². The highest BCUT2D eigenvalue weighted by Gasteiger charge is 2.26. The standard InChI is InChI=1S/C17H19N3O4/c1-11-2-3-14(15(21)8-11)16(22)19-6-4-13(5-7-19)20-10-12(9-18-20)17(23)24/h2-3,8-10,13,21H,4-7H2,1H3,(H,23,24). The van der Waals surface area contributed by atoms with E-state index < -0.39 is 5.97 Å². The van der Waals surface area contributed by atoms with Crippen LogP contribution in [0, 0.1) is 6.92 Å². The number of piperidine rings is 1. The highest BCUT2D eigenvalue weighted by atomic mass is 16.4. The second-order valence-corrected chi connectivity index (χ2v) is 6.06. The largest absolute Gasteiger partial charge is 0.507 e. The number of carbonyl (C=O) groups excluding carboxylic acids is 1. The lowest BCUT2D eigenvalue weighted by Crippen LogP contribution is -2.39. The fourth-order valence-electron chi connectivity index (χ4n) is 2.97. The van der Waals surface area contributed by atoms with Gasteiger partial charge in [-0.1, -0.05) is 6.07 Å². The van der Waals surface area contributed by atoms with Gasteiger partial charge in [0, 0.05) is 19.3 Å². The Balaban J connectivity index is 1.65. The van der Waals surface area contributed by atoms with Gasteiger partial charge in [0.1, 0.15) is 5.75 Å². The van der Waals surface area contributed by atoms with Gasteiger partial charge in [-0.15, -0.1) is 0 Å². The molecule has 1 fully saturated rings. The van der Waals surface area contributed by atoms with Crippen molar-refractivity contribution in [3.8, 4) is 5.75 Å². The highest BCUT2D eigenvalue weighted by molar-refractivity contribution is 5.97. The van der Waals surface area contributed by atoms with Crippen LogP contribution in [0.15, 0.2) is 30.6 Å². The summed E-state index contributed by atoms with van der Waals surface area (Å²) in [6.07, 6.45) is 4.25. The average molecular weight is 329 g/mol. The van der Waals surface area contributed by atoms with Gasteiger partial charge in [-0.25, -0.2) is 4.79 Å². The van der Waals surface area contributed by atoms with Crippen molar-refractivity contribution in [3.63, 3.8) is 0 Å². The van der Waals surface area contributed by atoms with E-state index in [-0.39, 0.29) is 23.3 Å². The summed E-state index contributed by atoms with van der Waals surface area (Å²) in [6, 6.07) is 5.11. The lowest BCUT2D eigenvalue weighted by atomic mass is 10.0. The molecule has 0 aliphatic carbocycles. The molecule has 2 heterocycles. The number of likely N-dealkylation sites (tertiary alicyclic amines) is 1. The monoisotopic (exact) mass is 329 g/mol. The van der Waals surface area contributed by atoms with Gasteiger partial charge in [-0.05, 0) is 37.5 Å². The van der Waals surface area contributed by atoms with Crippen molar-refractivity contribution < 1.29 is 19.8 Å². The second-order valence-electron chi connectivity index (χ2n) is 6.06. The summed E-state index contributed by atoms with van der Waals surface area (Å²) in [7, 11) is 0. The zero-order valence-electron chi connectivity index (χ0n) is 13.3. The SMILES string of the molecule is Cc1ccc(C(=O)N2CCC(n3cc(C(=O)O)cn3)CC2)c(O)c1. The third kappa shape index (κ3) is 3.10. The predicted molar refractivity (Wildman–Crippen MR) is 86.2 cm³/mol. The maximum atomic E-state index is 12.5. The Bertz CT molecular complexity index is 776. The first-order valence-electron chi connectivity index (χ1n) is 7.82. The average Bonchev–Trinajstić information content (AvgIpc) is 3.05. The molecule has 1 aliphatic heterocycles. The van der Waals surface area contributed by atoms with Gasteiger partial charge in [0.05, 0.1) is 23.4 Å². The molecule has 3 rings (SSSR count). The minimum atomic E-state index is -0.997. The number of carbonyl (C=O) groups is 2.